The predicted octanol–water partition coefficient (Wildman–Crippen LogP) is 7.34. The molecule has 0 amide bonds. The third-order valence-corrected chi connectivity index (χ3v) is 5.11. The van der Waals surface area contributed by atoms with Crippen LogP contribution in [0.3, 0.4) is 0 Å². The number of aryl methyl sites for hydroxylation is 1. The van der Waals surface area contributed by atoms with Crippen LogP contribution in [-0.4, -0.2) is 0 Å². The van der Waals surface area contributed by atoms with Crippen LogP contribution in [0.15, 0.2) is 77.7 Å². The van der Waals surface area contributed by atoms with Crippen molar-refractivity contribution in [3.63, 3.8) is 0 Å². The summed E-state index contributed by atoms with van der Waals surface area (Å²) in [6.07, 6.45) is 5.36. The number of rotatable bonds is 5. The van der Waals surface area contributed by atoms with Gasteiger partial charge in [0.15, 0.2) is 0 Å². The van der Waals surface area contributed by atoms with Gasteiger partial charge in [-0.25, -0.2) is 0 Å². The second kappa shape index (κ2) is 8.17. The largest absolute Gasteiger partial charge is 0.358 e. The fourth-order valence-corrected chi connectivity index (χ4v) is 3.62. The van der Waals surface area contributed by atoms with Crippen LogP contribution in [0, 0.1) is 18.3 Å². The lowest BCUT2D eigenvalue weighted by atomic mass is 9.76. The highest BCUT2D eigenvalue weighted by molar-refractivity contribution is 5.88. The summed E-state index contributed by atoms with van der Waals surface area (Å²) < 4.78 is 0. The highest BCUT2D eigenvalue weighted by atomic mass is 14.9. The van der Waals surface area contributed by atoms with Gasteiger partial charge in [-0.1, -0.05) is 81.5 Å². The second-order valence-electron chi connectivity index (χ2n) is 8.96. The van der Waals surface area contributed by atoms with E-state index >= 15 is 0 Å². The molecule has 1 unspecified atom stereocenters. The fraction of sp³-hybridized carbons (Fsp3) is 0.385. The van der Waals surface area contributed by atoms with Crippen molar-refractivity contribution in [2.75, 3.05) is 0 Å². The maximum atomic E-state index is 4.33. The van der Waals surface area contributed by atoms with E-state index in [1.807, 2.05) is 0 Å². The first-order chi connectivity index (χ1) is 12.5. The summed E-state index contributed by atoms with van der Waals surface area (Å²) in [6.45, 7) is 24.0. The Hall–Kier alpha value is -2.28. The number of hydrogen-bond donors (Lipinski definition) is 1. The number of allylic oxidation sites excluding steroid dienone is 6. The molecule has 1 heterocycles. The molecule has 0 saturated carbocycles. The van der Waals surface area contributed by atoms with Gasteiger partial charge in [0.2, 0.25) is 0 Å². The molecular weight excluding hydrogens is 326 g/mol. The zero-order valence-electron chi connectivity index (χ0n) is 18.2. The smallest absolute Gasteiger partial charge is 0.0345 e. The van der Waals surface area contributed by atoms with E-state index in [1.165, 1.54) is 39.1 Å². The molecule has 27 heavy (non-hydrogen) atoms. The van der Waals surface area contributed by atoms with Crippen LogP contribution >= 0.6 is 0 Å². The normalized spacial score (nSPS) is 16.8. The molecule has 0 aromatic heterocycles. The van der Waals surface area contributed by atoms with E-state index in [-0.39, 0.29) is 11.3 Å². The molecule has 1 aromatic carbocycles. The van der Waals surface area contributed by atoms with Crippen LogP contribution in [0.5, 0.6) is 0 Å². The van der Waals surface area contributed by atoms with E-state index in [4.69, 9.17) is 0 Å². The molecule has 0 saturated heterocycles. The molecular formula is C26H35N. The lowest BCUT2D eigenvalue weighted by Crippen LogP contribution is -2.29. The van der Waals surface area contributed by atoms with Gasteiger partial charge in [-0.15, -0.1) is 0 Å². The molecule has 1 aromatic rings. The quantitative estimate of drug-likeness (QED) is 0.541. The topological polar surface area (TPSA) is 12.0 Å². The van der Waals surface area contributed by atoms with Crippen LogP contribution in [0.25, 0.3) is 5.57 Å². The van der Waals surface area contributed by atoms with Crippen molar-refractivity contribution >= 4 is 5.57 Å². The SMILES string of the molecule is C=C1NC(C(CC(C)(C)C)C(=C)C)=C(c2ccc(C)cc2)C(/C=C\C)=C1C. The van der Waals surface area contributed by atoms with Crippen molar-refractivity contribution in [2.45, 2.75) is 54.9 Å². The predicted molar refractivity (Wildman–Crippen MR) is 120 cm³/mol. The summed E-state index contributed by atoms with van der Waals surface area (Å²) in [4.78, 5) is 0. The molecule has 1 nitrogen and oxygen atoms in total. The highest BCUT2D eigenvalue weighted by Crippen LogP contribution is 2.42. The van der Waals surface area contributed by atoms with E-state index in [1.54, 1.807) is 0 Å². The Morgan fingerprint density at radius 3 is 2.22 bits per heavy atom. The highest BCUT2D eigenvalue weighted by Gasteiger charge is 2.30. The number of dihydropyridines is 1. The average molecular weight is 362 g/mol. The summed E-state index contributed by atoms with van der Waals surface area (Å²) in [7, 11) is 0. The second-order valence-corrected chi connectivity index (χ2v) is 8.96. The maximum Gasteiger partial charge on any atom is 0.0345 e. The zero-order chi connectivity index (χ0) is 20.4. The van der Waals surface area contributed by atoms with Crippen molar-refractivity contribution in [1.82, 2.24) is 5.32 Å². The van der Waals surface area contributed by atoms with Crippen LogP contribution in [0.2, 0.25) is 0 Å². The van der Waals surface area contributed by atoms with Crippen molar-refractivity contribution in [1.29, 1.82) is 0 Å². The van der Waals surface area contributed by atoms with Crippen molar-refractivity contribution in [3.8, 4) is 0 Å². The van der Waals surface area contributed by atoms with Gasteiger partial charge in [-0.3, -0.25) is 0 Å². The average Bonchev–Trinajstić information content (AvgIpc) is 2.57. The molecule has 0 fully saturated rings. The molecule has 0 aliphatic carbocycles. The van der Waals surface area contributed by atoms with Gasteiger partial charge >= 0.3 is 0 Å². The van der Waals surface area contributed by atoms with Crippen molar-refractivity contribution < 1.29 is 0 Å². The van der Waals surface area contributed by atoms with E-state index in [0.717, 1.165) is 12.1 Å². The number of nitrogens with one attached hydrogen (secondary N) is 1. The number of hydrogen-bond acceptors (Lipinski definition) is 1. The van der Waals surface area contributed by atoms with Gasteiger partial charge in [0, 0.05) is 22.9 Å². The first-order valence-electron chi connectivity index (χ1n) is 9.82. The Morgan fingerprint density at radius 2 is 1.74 bits per heavy atom. The van der Waals surface area contributed by atoms with E-state index < -0.39 is 0 Å². The summed E-state index contributed by atoms with van der Waals surface area (Å²) >= 11 is 0. The number of benzene rings is 1. The van der Waals surface area contributed by atoms with Gasteiger partial charge in [-0.2, -0.15) is 0 Å². The molecule has 0 spiro atoms. The molecule has 1 heteroatoms. The third-order valence-electron chi connectivity index (χ3n) is 5.11. The first-order valence-corrected chi connectivity index (χ1v) is 9.82. The van der Waals surface area contributed by atoms with Gasteiger partial charge in [0.1, 0.15) is 0 Å². The molecule has 1 N–H and O–H groups in total. The maximum absolute atomic E-state index is 4.33. The molecule has 0 bridgehead atoms. The Labute approximate surface area is 166 Å². The summed E-state index contributed by atoms with van der Waals surface area (Å²) in [6, 6.07) is 8.82. The van der Waals surface area contributed by atoms with Gasteiger partial charge < -0.3 is 5.32 Å². The van der Waals surface area contributed by atoms with Crippen LogP contribution < -0.4 is 5.32 Å². The van der Waals surface area contributed by atoms with Crippen LogP contribution in [0.4, 0.5) is 0 Å². The third kappa shape index (κ3) is 4.91. The minimum absolute atomic E-state index is 0.203. The molecule has 1 aliphatic rings. The van der Waals surface area contributed by atoms with E-state index in [0.29, 0.717) is 0 Å². The molecule has 2 rings (SSSR count). The Kier molecular flexibility index (Phi) is 6.36. The Balaban J connectivity index is 2.79. The van der Waals surface area contributed by atoms with Crippen molar-refractivity contribution in [3.05, 3.63) is 88.8 Å². The minimum Gasteiger partial charge on any atom is -0.358 e. The molecule has 144 valence electrons. The first kappa shape index (κ1) is 21.0. The standard InChI is InChI=1S/C26H35N/c1-10-11-22-19(5)20(6)27-25(23(17(2)3)16-26(7,8)9)24(22)21-14-12-18(4)13-15-21/h10-15,23,27H,2,6,16H2,1,3-5,7-9H3/b11-10-. The van der Waals surface area contributed by atoms with Gasteiger partial charge in [0.25, 0.3) is 0 Å². The minimum atomic E-state index is 0.203. The van der Waals surface area contributed by atoms with Gasteiger partial charge in [0.05, 0.1) is 0 Å². The molecule has 1 atom stereocenters. The van der Waals surface area contributed by atoms with Crippen LogP contribution in [0.1, 0.15) is 59.1 Å². The Morgan fingerprint density at radius 1 is 1.15 bits per heavy atom. The fourth-order valence-electron chi connectivity index (χ4n) is 3.62. The summed E-state index contributed by atoms with van der Waals surface area (Å²) in [5.74, 6) is 0.256. The van der Waals surface area contributed by atoms with Crippen molar-refractivity contribution in [2.24, 2.45) is 11.3 Å². The molecule has 1 aliphatic heterocycles. The Bertz CT molecular complexity index is 820. The summed E-state index contributed by atoms with van der Waals surface area (Å²) in [5.41, 5.74) is 9.83. The van der Waals surface area contributed by atoms with E-state index in [9.17, 15) is 0 Å². The lowest BCUT2D eigenvalue weighted by molar-refractivity contribution is 0.333. The monoisotopic (exact) mass is 361 g/mol. The zero-order valence-corrected chi connectivity index (χ0v) is 18.2. The van der Waals surface area contributed by atoms with E-state index in [2.05, 4.69) is 103 Å². The molecule has 0 radical (unpaired) electrons. The lowest BCUT2D eigenvalue weighted by Gasteiger charge is -2.35. The van der Waals surface area contributed by atoms with Crippen LogP contribution in [-0.2, 0) is 0 Å². The summed E-state index contributed by atoms with van der Waals surface area (Å²) in [5, 5.41) is 3.65. The van der Waals surface area contributed by atoms with Gasteiger partial charge in [-0.05, 0) is 56.2 Å².